The molecule has 0 aliphatic carbocycles. The first-order chi connectivity index (χ1) is 12.1. The van der Waals surface area contributed by atoms with Gasteiger partial charge in [-0.05, 0) is 48.6 Å². The Balaban J connectivity index is 2.15. The van der Waals surface area contributed by atoms with Crippen molar-refractivity contribution in [3.63, 3.8) is 0 Å². The van der Waals surface area contributed by atoms with Crippen LogP contribution in [0.5, 0.6) is 0 Å². The lowest BCUT2D eigenvalue weighted by Gasteiger charge is -2.09. The Morgan fingerprint density at radius 3 is 2.84 bits per heavy atom. The lowest BCUT2D eigenvalue weighted by atomic mass is 10.1. The molecule has 0 aliphatic rings. The van der Waals surface area contributed by atoms with Gasteiger partial charge in [-0.3, -0.25) is 9.20 Å². The predicted octanol–water partition coefficient (Wildman–Crippen LogP) is 3.97. The fourth-order valence-corrected chi connectivity index (χ4v) is 3.21. The summed E-state index contributed by atoms with van der Waals surface area (Å²) in [7, 11) is 0. The highest BCUT2D eigenvalue weighted by Crippen LogP contribution is 2.16. The van der Waals surface area contributed by atoms with E-state index in [0.29, 0.717) is 23.3 Å². The molecule has 0 radical (unpaired) electrons. The molecule has 0 amide bonds. The van der Waals surface area contributed by atoms with Crippen molar-refractivity contribution in [3.05, 3.63) is 67.9 Å². The summed E-state index contributed by atoms with van der Waals surface area (Å²) in [5, 5.41) is 11.1. The molecule has 25 heavy (non-hydrogen) atoms. The fraction of sp³-hybridized carbons (Fsp3) is 0.211. The summed E-state index contributed by atoms with van der Waals surface area (Å²) in [5.74, 6) is -1.06. The number of fused-ring (bicyclic) bond motifs is 1. The number of aromatic nitrogens is 2. The maximum atomic E-state index is 12.9. The summed E-state index contributed by atoms with van der Waals surface area (Å²) >= 11 is 1.62. The highest BCUT2D eigenvalue weighted by molar-refractivity contribution is 7.10. The number of carboxylic acid groups (broad SMARTS) is 1. The van der Waals surface area contributed by atoms with Gasteiger partial charge in [0.25, 0.3) is 5.56 Å². The van der Waals surface area contributed by atoms with Gasteiger partial charge < -0.3 is 5.11 Å². The minimum Gasteiger partial charge on any atom is -0.478 e. The van der Waals surface area contributed by atoms with Crippen LogP contribution in [0.3, 0.4) is 0 Å². The molecule has 0 atom stereocenters. The molecule has 0 saturated heterocycles. The first kappa shape index (κ1) is 17.1. The van der Waals surface area contributed by atoms with Crippen molar-refractivity contribution < 1.29 is 9.90 Å². The number of unbranched alkanes of at least 4 members (excludes halogenated alkanes) is 1. The second kappa shape index (κ2) is 7.44. The summed E-state index contributed by atoms with van der Waals surface area (Å²) in [6.07, 6.45) is 7.61. The average Bonchev–Trinajstić information content (AvgIpc) is 3.12. The zero-order valence-corrected chi connectivity index (χ0v) is 14.6. The van der Waals surface area contributed by atoms with E-state index in [1.807, 2.05) is 29.7 Å². The molecular weight excluding hydrogens is 336 g/mol. The molecule has 3 aromatic heterocycles. The summed E-state index contributed by atoms with van der Waals surface area (Å²) in [5.41, 5.74) is 1.58. The van der Waals surface area contributed by atoms with E-state index in [1.54, 1.807) is 17.4 Å². The molecule has 0 saturated carbocycles. The molecule has 5 nitrogen and oxygen atoms in total. The van der Waals surface area contributed by atoms with E-state index in [1.165, 1.54) is 16.7 Å². The molecule has 0 aliphatic heterocycles. The van der Waals surface area contributed by atoms with Gasteiger partial charge in [0.2, 0.25) is 0 Å². The third-order valence-corrected chi connectivity index (χ3v) is 4.76. The second-order valence-electron chi connectivity index (χ2n) is 5.68. The number of carbonyl (C=O) groups is 1. The Morgan fingerprint density at radius 2 is 2.16 bits per heavy atom. The highest BCUT2D eigenvalue weighted by Gasteiger charge is 2.12. The number of thiophene rings is 1. The molecule has 3 aromatic rings. The van der Waals surface area contributed by atoms with Crippen molar-refractivity contribution in [3.8, 4) is 0 Å². The quantitative estimate of drug-likeness (QED) is 0.727. The molecule has 0 bridgehead atoms. The van der Waals surface area contributed by atoms with Crippen LogP contribution in [0.4, 0.5) is 0 Å². The van der Waals surface area contributed by atoms with Crippen molar-refractivity contribution in [2.24, 2.45) is 0 Å². The minimum atomic E-state index is -1.06. The number of nitrogens with zero attached hydrogens (tertiary/aromatic N) is 2. The third kappa shape index (κ3) is 3.69. The van der Waals surface area contributed by atoms with Gasteiger partial charge in [-0.1, -0.05) is 19.4 Å². The number of rotatable bonds is 6. The van der Waals surface area contributed by atoms with Crippen LogP contribution in [0.1, 0.15) is 46.3 Å². The van der Waals surface area contributed by atoms with E-state index in [0.717, 1.165) is 17.7 Å². The Hall–Kier alpha value is -2.73. The zero-order chi connectivity index (χ0) is 17.8. The summed E-state index contributed by atoms with van der Waals surface area (Å²) in [4.78, 5) is 29.7. The smallest absolute Gasteiger partial charge is 0.337 e. The zero-order valence-electron chi connectivity index (χ0n) is 13.8. The molecule has 1 N–H and O–H groups in total. The first-order valence-corrected chi connectivity index (χ1v) is 8.98. The highest BCUT2D eigenvalue weighted by atomic mass is 32.1. The predicted molar refractivity (Wildman–Crippen MR) is 100 cm³/mol. The molecule has 128 valence electrons. The molecule has 0 aromatic carbocycles. The van der Waals surface area contributed by atoms with Crippen LogP contribution in [0.15, 0.2) is 40.6 Å². The van der Waals surface area contributed by atoms with Crippen LogP contribution >= 0.6 is 11.3 Å². The molecule has 6 heteroatoms. The van der Waals surface area contributed by atoms with Crippen LogP contribution in [0.25, 0.3) is 17.8 Å². The van der Waals surface area contributed by atoms with Gasteiger partial charge in [0.05, 0.1) is 11.3 Å². The number of aromatic carboxylic acids is 1. The Bertz CT molecular complexity index is 988. The summed E-state index contributed by atoms with van der Waals surface area (Å²) < 4.78 is 1.33. The average molecular weight is 354 g/mol. The SMILES string of the molecule is CCCCc1c(C=Cc2cccs2)nc2ccc(C(=O)O)cn2c1=O. The molecule has 3 rings (SSSR count). The van der Waals surface area contributed by atoms with Crippen molar-refractivity contribution >= 4 is 35.1 Å². The molecule has 0 unspecified atom stereocenters. The van der Waals surface area contributed by atoms with Crippen LogP contribution < -0.4 is 5.56 Å². The number of pyridine rings is 1. The van der Waals surface area contributed by atoms with Crippen LogP contribution in [-0.2, 0) is 6.42 Å². The Labute approximate surface area is 148 Å². The van der Waals surface area contributed by atoms with Gasteiger partial charge in [0.1, 0.15) is 5.65 Å². The summed E-state index contributed by atoms with van der Waals surface area (Å²) in [6.45, 7) is 2.07. The molecule has 0 spiro atoms. The van der Waals surface area contributed by atoms with Crippen LogP contribution in [-0.4, -0.2) is 20.5 Å². The molecule has 0 fully saturated rings. The maximum absolute atomic E-state index is 12.9. The molecule has 3 heterocycles. The summed E-state index contributed by atoms with van der Waals surface area (Å²) in [6, 6.07) is 7.00. The third-order valence-electron chi connectivity index (χ3n) is 3.92. The van der Waals surface area contributed by atoms with Gasteiger partial charge in [0.15, 0.2) is 0 Å². The maximum Gasteiger partial charge on any atom is 0.337 e. The van der Waals surface area contributed by atoms with Crippen LogP contribution in [0.2, 0.25) is 0 Å². The first-order valence-electron chi connectivity index (χ1n) is 8.10. The van der Waals surface area contributed by atoms with Crippen molar-refractivity contribution in [1.29, 1.82) is 0 Å². The second-order valence-corrected chi connectivity index (χ2v) is 6.66. The number of carboxylic acids is 1. The van der Waals surface area contributed by atoms with Gasteiger partial charge in [-0.15, -0.1) is 11.3 Å². The van der Waals surface area contributed by atoms with Crippen molar-refractivity contribution in [2.75, 3.05) is 0 Å². The van der Waals surface area contributed by atoms with E-state index >= 15 is 0 Å². The fourth-order valence-electron chi connectivity index (χ4n) is 2.59. The van der Waals surface area contributed by atoms with E-state index in [9.17, 15) is 9.59 Å². The lowest BCUT2D eigenvalue weighted by molar-refractivity contribution is 0.0696. The van der Waals surface area contributed by atoms with Gasteiger partial charge in [0, 0.05) is 16.6 Å². The Kier molecular flexibility index (Phi) is 5.09. The van der Waals surface area contributed by atoms with Crippen LogP contribution in [0, 0.1) is 0 Å². The van der Waals surface area contributed by atoms with Gasteiger partial charge in [-0.25, -0.2) is 9.78 Å². The lowest BCUT2D eigenvalue weighted by Crippen LogP contribution is -2.22. The van der Waals surface area contributed by atoms with E-state index in [4.69, 9.17) is 5.11 Å². The molecular formula is C19H18N2O3S. The number of hydrogen-bond donors (Lipinski definition) is 1. The minimum absolute atomic E-state index is 0.0692. The van der Waals surface area contributed by atoms with E-state index < -0.39 is 5.97 Å². The number of hydrogen-bond acceptors (Lipinski definition) is 4. The Morgan fingerprint density at radius 1 is 1.32 bits per heavy atom. The van der Waals surface area contributed by atoms with Gasteiger partial charge in [-0.2, -0.15) is 0 Å². The topological polar surface area (TPSA) is 71.7 Å². The van der Waals surface area contributed by atoms with E-state index in [-0.39, 0.29) is 11.1 Å². The van der Waals surface area contributed by atoms with Crippen molar-refractivity contribution in [2.45, 2.75) is 26.2 Å². The largest absolute Gasteiger partial charge is 0.478 e. The standard InChI is InChI=1S/C19H18N2O3S/c1-2-3-6-15-16(9-8-14-5-4-11-25-14)20-17-10-7-13(19(23)24)12-21(17)18(15)22/h4-5,7-12H,2-3,6H2,1H3,(H,23,24). The monoisotopic (exact) mass is 354 g/mol. The van der Waals surface area contributed by atoms with Crippen molar-refractivity contribution in [1.82, 2.24) is 9.38 Å². The van der Waals surface area contributed by atoms with Gasteiger partial charge >= 0.3 is 5.97 Å². The normalized spacial score (nSPS) is 11.4. The van der Waals surface area contributed by atoms with E-state index in [2.05, 4.69) is 11.9 Å².